The third-order valence-electron chi connectivity index (χ3n) is 2.05. The average molecular weight is 268 g/mol. The molecular weight excluding hydrogens is 258 g/mol. The first-order valence-electron chi connectivity index (χ1n) is 5.00. The van der Waals surface area contributed by atoms with E-state index in [2.05, 4.69) is 15.5 Å². The van der Waals surface area contributed by atoms with Crippen molar-refractivity contribution in [3.05, 3.63) is 35.3 Å². The van der Waals surface area contributed by atoms with Gasteiger partial charge in [0, 0.05) is 5.56 Å². The van der Waals surface area contributed by atoms with E-state index >= 15 is 0 Å². The van der Waals surface area contributed by atoms with E-state index in [1.165, 1.54) is 11.3 Å². The van der Waals surface area contributed by atoms with E-state index in [9.17, 15) is 4.79 Å². The summed E-state index contributed by atoms with van der Waals surface area (Å²) in [5.41, 5.74) is 1.03. The molecule has 2 aromatic rings. The number of hydrogen-bond donors (Lipinski definition) is 1. The smallest absolute Gasteiger partial charge is 0.235 e. The van der Waals surface area contributed by atoms with E-state index in [0.29, 0.717) is 6.54 Å². The SMILES string of the molecule is O=C(CCl)NCc1nnc(-c2ccccc2)s1. The topological polar surface area (TPSA) is 54.9 Å². The fraction of sp³-hybridized carbons (Fsp3) is 0.182. The number of rotatable bonds is 4. The third kappa shape index (κ3) is 3.25. The van der Waals surface area contributed by atoms with Gasteiger partial charge in [0.05, 0.1) is 6.54 Å². The van der Waals surface area contributed by atoms with Crippen LogP contribution in [-0.4, -0.2) is 22.0 Å². The second-order valence-corrected chi connectivity index (χ2v) is 4.61. The zero-order chi connectivity index (χ0) is 12.1. The van der Waals surface area contributed by atoms with Crippen LogP contribution in [0.25, 0.3) is 10.6 Å². The van der Waals surface area contributed by atoms with Crippen LogP contribution in [0, 0.1) is 0 Å². The normalized spacial score (nSPS) is 10.2. The molecule has 1 aromatic carbocycles. The Labute approximate surface area is 108 Å². The molecule has 6 heteroatoms. The Morgan fingerprint density at radius 3 is 2.76 bits per heavy atom. The number of carbonyl (C=O) groups is 1. The number of halogens is 1. The summed E-state index contributed by atoms with van der Waals surface area (Å²) in [5, 5.41) is 12.3. The van der Waals surface area contributed by atoms with Gasteiger partial charge in [-0.1, -0.05) is 41.7 Å². The van der Waals surface area contributed by atoms with Gasteiger partial charge in [-0.05, 0) is 0 Å². The minimum atomic E-state index is -0.205. The van der Waals surface area contributed by atoms with E-state index in [1.807, 2.05) is 30.3 Å². The quantitative estimate of drug-likeness (QED) is 0.863. The lowest BCUT2D eigenvalue weighted by molar-refractivity contribution is -0.118. The molecule has 0 spiro atoms. The van der Waals surface area contributed by atoms with Crippen molar-refractivity contribution in [2.45, 2.75) is 6.54 Å². The molecule has 88 valence electrons. The minimum Gasteiger partial charge on any atom is -0.348 e. The van der Waals surface area contributed by atoms with Gasteiger partial charge in [-0.3, -0.25) is 4.79 Å². The Bertz CT molecular complexity index is 500. The highest BCUT2D eigenvalue weighted by atomic mass is 35.5. The van der Waals surface area contributed by atoms with Crippen LogP contribution in [0.1, 0.15) is 5.01 Å². The van der Waals surface area contributed by atoms with Crippen LogP contribution >= 0.6 is 22.9 Å². The maximum atomic E-state index is 11.0. The fourth-order valence-corrected chi connectivity index (χ4v) is 2.12. The van der Waals surface area contributed by atoms with Gasteiger partial charge in [0.1, 0.15) is 15.9 Å². The molecule has 0 atom stereocenters. The second kappa shape index (κ2) is 5.75. The summed E-state index contributed by atoms with van der Waals surface area (Å²) in [6.45, 7) is 0.371. The van der Waals surface area contributed by atoms with Gasteiger partial charge in [0.2, 0.25) is 5.91 Å². The highest BCUT2D eigenvalue weighted by Crippen LogP contribution is 2.22. The van der Waals surface area contributed by atoms with Gasteiger partial charge in [0.25, 0.3) is 0 Å². The van der Waals surface area contributed by atoms with Crippen molar-refractivity contribution in [3.8, 4) is 10.6 Å². The Kier molecular flexibility index (Phi) is 4.06. The number of carbonyl (C=O) groups excluding carboxylic acids is 1. The van der Waals surface area contributed by atoms with Crippen molar-refractivity contribution in [3.63, 3.8) is 0 Å². The number of benzene rings is 1. The molecule has 0 radical (unpaired) electrons. The highest BCUT2D eigenvalue weighted by Gasteiger charge is 2.07. The molecule has 17 heavy (non-hydrogen) atoms. The summed E-state index contributed by atoms with van der Waals surface area (Å²) in [6, 6.07) is 9.80. The molecule has 0 aliphatic carbocycles. The summed E-state index contributed by atoms with van der Waals surface area (Å²) in [7, 11) is 0. The predicted molar refractivity (Wildman–Crippen MR) is 67.9 cm³/mol. The summed E-state index contributed by atoms with van der Waals surface area (Å²) in [4.78, 5) is 11.0. The fourth-order valence-electron chi connectivity index (χ4n) is 1.24. The molecule has 0 aliphatic heterocycles. The standard InChI is InChI=1S/C11H10ClN3OS/c12-6-9(16)13-7-10-14-15-11(17-10)8-4-2-1-3-5-8/h1-5H,6-7H2,(H,13,16). The first-order chi connectivity index (χ1) is 8.29. The molecule has 0 bridgehead atoms. The van der Waals surface area contributed by atoms with Gasteiger partial charge in [-0.2, -0.15) is 0 Å². The molecule has 1 amide bonds. The van der Waals surface area contributed by atoms with E-state index in [4.69, 9.17) is 11.6 Å². The zero-order valence-electron chi connectivity index (χ0n) is 8.89. The highest BCUT2D eigenvalue weighted by molar-refractivity contribution is 7.14. The van der Waals surface area contributed by atoms with Gasteiger partial charge >= 0.3 is 0 Å². The van der Waals surface area contributed by atoms with Gasteiger partial charge in [-0.25, -0.2) is 0 Å². The molecule has 1 heterocycles. The molecule has 1 aromatic heterocycles. The van der Waals surface area contributed by atoms with E-state index in [-0.39, 0.29) is 11.8 Å². The number of amides is 1. The molecule has 4 nitrogen and oxygen atoms in total. The van der Waals surface area contributed by atoms with Crippen molar-refractivity contribution in [2.75, 3.05) is 5.88 Å². The Morgan fingerprint density at radius 2 is 2.06 bits per heavy atom. The molecule has 0 unspecified atom stereocenters. The van der Waals surface area contributed by atoms with E-state index in [1.54, 1.807) is 0 Å². The van der Waals surface area contributed by atoms with Crippen molar-refractivity contribution in [1.82, 2.24) is 15.5 Å². The summed E-state index contributed by atoms with van der Waals surface area (Å²) in [6.07, 6.45) is 0. The average Bonchev–Trinajstić information content (AvgIpc) is 2.86. The summed E-state index contributed by atoms with van der Waals surface area (Å²) in [5.74, 6) is -0.243. The van der Waals surface area contributed by atoms with Gasteiger partial charge < -0.3 is 5.32 Å². The number of hydrogen-bond acceptors (Lipinski definition) is 4. The predicted octanol–water partition coefficient (Wildman–Crippen LogP) is 2.06. The first kappa shape index (κ1) is 12.0. The summed E-state index contributed by atoms with van der Waals surface area (Å²) < 4.78 is 0. The maximum Gasteiger partial charge on any atom is 0.235 e. The van der Waals surface area contributed by atoms with Crippen molar-refractivity contribution in [2.24, 2.45) is 0 Å². The molecule has 0 saturated carbocycles. The molecule has 1 N–H and O–H groups in total. The van der Waals surface area contributed by atoms with Gasteiger partial charge in [0.15, 0.2) is 0 Å². The van der Waals surface area contributed by atoms with Crippen LogP contribution in [0.2, 0.25) is 0 Å². The van der Waals surface area contributed by atoms with Crippen molar-refractivity contribution >= 4 is 28.8 Å². The lowest BCUT2D eigenvalue weighted by Gasteiger charge is -1.97. The van der Waals surface area contributed by atoms with Crippen LogP contribution in [0.15, 0.2) is 30.3 Å². The molecule has 0 saturated heterocycles. The zero-order valence-corrected chi connectivity index (χ0v) is 10.5. The lowest BCUT2D eigenvalue weighted by Crippen LogP contribution is -2.23. The monoisotopic (exact) mass is 267 g/mol. The number of alkyl halides is 1. The molecular formula is C11H10ClN3OS. The molecule has 2 rings (SSSR count). The lowest BCUT2D eigenvalue weighted by atomic mass is 10.2. The first-order valence-corrected chi connectivity index (χ1v) is 6.35. The van der Waals surface area contributed by atoms with Crippen LogP contribution in [0.4, 0.5) is 0 Å². The second-order valence-electron chi connectivity index (χ2n) is 3.28. The van der Waals surface area contributed by atoms with Crippen molar-refractivity contribution in [1.29, 1.82) is 0 Å². The third-order valence-corrected chi connectivity index (χ3v) is 3.26. The molecule has 0 fully saturated rings. The number of aromatic nitrogens is 2. The maximum absolute atomic E-state index is 11.0. The summed E-state index contributed by atoms with van der Waals surface area (Å²) >= 11 is 6.83. The van der Waals surface area contributed by atoms with Crippen LogP contribution in [0.3, 0.4) is 0 Å². The van der Waals surface area contributed by atoms with E-state index < -0.39 is 0 Å². The number of nitrogens with zero attached hydrogens (tertiary/aromatic N) is 2. The minimum absolute atomic E-state index is 0.0374. The van der Waals surface area contributed by atoms with Crippen LogP contribution < -0.4 is 5.32 Å². The largest absolute Gasteiger partial charge is 0.348 e. The van der Waals surface area contributed by atoms with Gasteiger partial charge in [-0.15, -0.1) is 21.8 Å². The molecule has 0 aliphatic rings. The number of nitrogens with one attached hydrogen (secondary N) is 1. The Hall–Kier alpha value is -1.46. The van der Waals surface area contributed by atoms with E-state index in [0.717, 1.165) is 15.6 Å². The van der Waals surface area contributed by atoms with Crippen molar-refractivity contribution < 1.29 is 4.79 Å². The van der Waals surface area contributed by atoms with Crippen LogP contribution in [-0.2, 0) is 11.3 Å². The Balaban J connectivity index is 2.04. The van der Waals surface area contributed by atoms with Crippen LogP contribution in [0.5, 0.6) is 0 Å². The Morgan fingerprint density at radius 1 is 1.29 bits per heavy atom.